The Kier molecular flexibility index (Phi) is 8.32. The second-order valence-electron chi connectivity index (χ2n) is 8.82. The molecule has 1 aliphatic heterocycles. The van der Waals surface area contributed by atoms with E-state index in [2.05, 4.69) is 5.32 Å². The van der Waals surface area contributed by atoms with E-state index in [-0.39, 0.29) is 41.9 Å². The molecule has 0 aromatic heterocycles. The largest absolute Gasteiger partial charge is 0.352 e. The summed E-state index contributed by atoms with van der Waals surface area (Å²) in [4.78, 5) is 40.7. The average Bonchev–Trinajstić information content (AvgIpc) is 3.03. The van der Waals surface area contributed by atoms with Crippen molar-refractivity contribution in [2.45, 2.75) is 70.5 Å². The summed E-state index contributed by atoms with van der Waals surface area (Å²) in [5.74, 6) is -1.28. The SMILES string of the molecule is CC[C@H](C)NC(=O)[C@H](CC)N(Cc1ccccc1C)C(=O)CCN1C(=O)c2ccccc2S1(=O)=O. The zero-order chi connectivity index (χ0) is 25.8. The van der Waals surface area contributed by atoms with Gasteiger partial charge in [0.05, 0.1) is 5.56 Å². The minimum Gasteiger partial charge on any atom is -0.352 e. The maximum absolute atomic E-state index is 13.5. The van der Waals surface area contributed by atoms with Gasteiger partial charge in [-0.2, -0.15) is 0 Å². The van der Waals surface area contributed by atoms with E-state index in [0.717, 1.165) is 21.9 Å². The Morgan fingerprint density at radius 3 is 2.31 bits per heavy atom. The molecule has 188 valence electrons. The molecule has 2 aromatic rings. The Morgan fingerprint density at radius 1 is 1.03 bits per heavy atom. The number of hydrogen-bond acceptors (Lipinski definition) is 5. The summed E-state index contributed by atoms with van der Waals surface area (Å²) in [5.41, 5.74) is 1.99. The van der Waals surface area contributed by atoms with Gasteiger partial charge in [0.1, 0.15) is 10.9 Å². The van der Waals surface area contributed by atoms with Gasteiger partial charge in [0.15, 0.2) is 0 Å². The average molecular weight is 500 g/mol. The quantitative estimate of drug-likeness (QED) is 0.540. The Balaban J connectivity index is 1.84. The van der Waals surface area contributed by atoms with E-state index in [1.54, 1.807) is 12.1 Å². The van der Waals surface area contributed by atoms with Crippen molar-refractivity contribution in [3.8, 4) is 0 Å². The lowest BCUT2D eigenvalue weighted by Gasteiger charge is -2.32. The van der Waals surface area contributed by atoms with Crippen LogP contribution in [0.2, 0.25) is 0 Å². The standard InChI is InChI=1S/C26H33N3O5S/c1-5-19(4)27-25(31)22(6-2)28(17-20-12-8-7-11-18(20)3)24(30)15-16-29-26(32)21-13-9-10-14-23(21)35(29,33)34/h7-14,19,22H,5-6,15-17H2,1-4H3,(H,27,31)/t19-,22-/m0/s1. The lowest BCUT2D eigenvalue weighted by molar-refractivity contribution is -0.141. The van der Waals surface area contributed by atoms with Crippen LogP contribution in [0, 0.1) is 6.92 Å². The highest BCUT2D eigenvalue weighted by Crippen LogP contribution is 2.30. The normalized spacial score (nSPS) is 15.9. The maximum Gasteiger partial charge on any atom is 0.269 e. The van der Waals surface area contributed by atoms with Crippen LogP contribution in [-0.4, -0.2) is 54.0 Å². The van der Waals surface area contributed by atoms with Crippen molar-refractivity contribution in [3.05, 3.63) is 65.2 Å². The van der Waals surface area contributed by atoms with Gasteiger partial charge in [-0.15, -0.1) is 0 Å². The summed E-state index contributed by atoms with van der Waals surface area (Å²) in [6.45, 7) is 7.56. The number of sulfonamides is 1. The molecule has 35 heavy (non-hydrogen) atoms. The lowest BCUT2D eigenvalue weighted by Crippen LogP contribution is -2.51. The summed E-state index contributed by atoms with van der Waals surface area (Å²) in [6, 6.07) is 12.9. The van der Waals surface area contributed by atoms with Crippen LogP contribution in [0.5, 0.6) is 0 Å². The summed E-state index contributed by atoms with van der Waals surface area (Å²) in [5, 5.41) is 2.95. The molecule has 0 radical (unpaired) electrons. The third-order valence-corrected chi connectivity index (χ3v) is 8.27. The van der Waals surface area contributed by atoms with Crippen LogP contribution >= 0.6 is 0 Å². The molecule has 9 heteroatoms. The van der Waals surface area contributed by atoms with Gasteiger partial charge in [-0.3, -0.25) is 14.4 Å². The van der Waals surface area contributed by atoms with Gasteiger partial charge in [0.2, 0.25) is 11.8 Å². The van der Waals surface area contributed by atoms with E-state index in [0.29, 0.717) is 6.42 Å². The summed E-state index contributed by atoms with van der Waals surface area (Å²) >= 11 is 0. The number of carbonyl (C=O) groups is 3. The molecule has 1 N–H and O–H groups in total. The number of nitrogens with zero attached hydrogens (tertiary/aromatic N) is 2. The van der Waals surface area contributed by atoms with Gasteiger partial charge < -0.3 is 10.2 Å². The molecule has 0 spiro atoms. The second-order valence-corrected chi connectivity index (χ2v) is 10.6. The van der Waals surface area contributed by atoms with Crippen molar-refractivity contribution >= 4 is 27.7 Å². The first-order valence-corrected chi connectivity index (χ1v) is 13.4. The Labute approximate surface area is 207 Å². The molecule has 2 aromatic carbocycles. The van der Waals surface area contributed by atoms with Crippen LogP contribution in [0.25, 0.3) is 0 Å². The van der Waals surface area contributed by atoms with Gasteiger partial charge in [0, 0.05) is 25.6 Å². The molecular formula is C26H33N3O5S. The molecular weight excluding hydrogens is 466 g/mol. The van der Waals surface area contributed by atoms with Crippen LogP contribution in [0.1, 0.15) is 61.5 Å². The first-order valence-electron chi connectivity index (χ1n) is 11.9. The molecule has 0 saturated carbocycles. The highest BCUT2D eigenvalue weighted by atomic mass is 32.2. The third-order valence-electron chi connectivity index (χ3n) is 6.43. The molecule has 0 bridgehead atoms. The van der Waals surface area contributed by atoms with Gasteiger partial charge >= 0.3 is 0 Å². The van der Waals surface area contributed by atoms with Crippen LogP contribution in [0.15, 0.2) is 53.4 Å². The lowest BCUT2D eigenvalue weighted by atomic mass is 10.1. The number of aryl methyl sites for hydroxylation is 1. The number of carbonyl (C=O) groups excluding carboxylic acids is 3. The van der Waals surface area contributed by atoms with Crippen molar-refractivity contribution in [1.29, 1.82) is 0 Å². The fourth-order valence-corrected chi connectivity index (χ4v) is 5.69. The number of hydrogen-bond donors (Lipinski definition) is 1. The van der Waals surface area contributed by atoms with Crippen molar-refractivity contribution in [2.75, 3.05) is 6.54 Å². The highest BCUT2D eigenvalue weighted by Gasteiger charge is 2.41. The molecule has 1 aliphatic rings. The van der Waals surface area contributed by atoms with Crippen molar-refractivity contribution in [2.24, 2.45) is 0 Å². The van der Waals surface area contributed by atoms with E-state index in [9.17, 15) is 22.8 Å². The van der Waals surface area contributed by atoms with Crippen LogP contribution in [0.3, 0.4) is 0 Å². The Morgan fingerprint density at radius 2 is 1.69 bits per heavy atom. The predicted octanol–water partition coefficient (Wildman–Crippen LogP) is 3.25. The van der Waals surface area contributed by atoms with Gasteiger partial charge in [-0.05, 0) is 49.9 Å². The second kappa shape index (κ2) is 11.0. The number of rotatable bonds is 10. The third kappa shape index (κ3) is 5.56. The zero-order valence-electron chi connectivity index (χ0n) is 20.7. The number of fused-ring (bicyclic) bond motifs is 1. The molecule has 2 atom stereocenters. The van der Waals surface area contributed by atoms with Crippen LogP contribution < -0.4 is 5.32 Å². The van der Waals surface area contributed by atoms with Crippen molar-refractivity contribution in [3.63, 3.8) is 0 Å². The Bertz CT molecular complexity index is 1210. The van der Waals surface area contributed by atoms with Crippen molar-refractivity contribution in [1.82, 2.24) is 14.5 Å². The molecule has 0 fully saturated rings. The van der Waals surface area contributed by atoms with E-state index >= 15 is 0 Å². The fraction of sp³-hybridized carbons (Fsp3) is 0.423. The van der Waals surface area contributed by atoms with Gasteiger partial charge in [-0.1, -0.05) is 50.2 Å². The summed E-state index contributed by atoms with van der Waals surface area (Å²) in [7, 11) is -4.01. The zero-order valence-corrected chi connectivity index (χ0v) is 21.5. The minimum atomic E-state index is -4.01. The van der Waals surface area contributed by atoms with E-state index in [4.69, 9.17) is 0 Å². The smallest absolute Gasteiger partial charge is 0.269 e. The summed E-state index contributed by atoms with van der Waals surface area (Å²) < 4.78 is 26.5. The van der Waals surface area contributed by atoms with Crippen LogP contribution in [-0.2, 0) is 26.2 Å². The molecule has 0 unspecified atom stereocenters. The summed E-state index contributed by atoms with van der Waals surface area (Å²) in [6.07, 6.45) is 0.924. The van der Waals surface area contributed by atoms with Gasteiger partial charge in [-0.25, -0.2) is 12.7 Å². The molecule has 0 saturated heterocycles. The van der Waals surface area contributed by atoms with E-state index in [1.807, 2.05) is 52.0 Å². The highest BCUT2D eigenvalue weighted by molar-refractivity contribution is 7.90. The minimum absolute atomic E-state index is 0.0437. The van der Waals surface area contributed by atoms with E-state index in [1.165, 1.54) is 17.0 Å². The molecule has 8 nitrogen and oxygen atoms in total. The first kappa shape index (κ1) is 26.4. The Hall–Kier alpha value is -3.20. The fourth-order valence-electron chi connectivity index (χ4n) is 4.12. The number of benzene rings is 2. The molecule has 3 amide bonds. The monoisotopic (exact) mass is 499 g/mol. The predicted molar refractivity (Wildman–Crippen MR) is 133 cm³/mol. The molecule has 0 aliphatic carbocycles. The number of amides is 3. The first-order chi connectivity index (χ1) is 16.6. The number of nitrogens with one attached hydrogen (secondary N) is 1. The maximum atomic E-state index is 13.5. The van der Waals surface area contributed by atoms with E-state index < -0.39 is 27.9 Å². The molecule has 3 rings (SSSR count). The molecule has 1 heterocycles. The topological polar surface area (TPSA) is 104 Å². The van der Waals surface area contributed by atoms with Crippen LogP contribution in [0.4, 0.5) is 0 Å². The van der Waals surface area contributed by atoms with Gasteiger partial charge in [0.25, 0.3) is 15.9 Å². The van der Waals surface area contributed by atoms with Crippen molar-refractivity contribution < 1.29 is 22.8 Å².